The van der Waals surface area contributed by atoms with Crippen LogP contribution in [-0.2, 0) is 15.7 Å². The molecule has 0 aliphatic carbocycles. The molecule has 0 spiro atoms. The van der Waals surface area contributed by atoms with Gasteiger partial charge in [0.1, 0.15) is 11.2 Å². The maximum atomic E-state index is 12.3. The van der Waals surface area contributed by atoms with Gasteiger partial charge in [-0.1, -0.05) is 11.6 Å². The van der Waals surface area contributed by atoms with E-state index in [0.717, 1.165) is 12.3 Å². The van der Waals surface area contributed by atoms with Crippen LogP contribution in [0.25, 0.3) is 0 Å². The zero-order valence-corrected chi connectivity index (χ0v) is 10.2. The maximum Gasteiger partial charge on any atom is 0.419 e. The number of carbonyl (C=O) groups is 1. The second-order valence-corrected chi connectivity index (χ2v) is 3.67. The Morgan fingerprint density at radius 1 is 1.56 bits per heavy atom. The number of hydrogen-bond donors (Lipinski definition) is 1. The Morgan fingerprint density at radius 2 is 2.22 bits per heavy atom. The highest BCUT2D eigenvalue weighted by molar-refractivity contribution is 6.32. The average molecular weight is 284 g/mol. The highest BCUT2D eigenvalue weighted by atomic mass is 35.5. The second-order valence-electron chi connectivity index (χ2n) is 3.27. The first kappa shape index (κ1) is 14.6. The van der Waals surface area contributed by atoms with Crippen LogP contribution in [0.3, 0.4) is 0 Å². The number of halogens is 4. The van der Waals surface area contributed by atoms with Gasteiger partial charge in [-0.05, 0) is 13.0 Å². The van der Waals surface area contributed by atoms with Crippen LogP contribution in [0.1, 0.15) is 12.5 Å². The van der Waals surface area contributed by atoms with Gasteiger partial charge in [0.15, 0.2) is 6.54 Å². The Hall–Kier alpha value is -1.50. The molecule has 4 nitrogen and oxygen atoms in total. The Labute approximate surface area is 106 Å². The predicted octanol–water partition coefficient (Wildman–Crippen LogP) is 2.15. The minimum Gasteiger partial charge on any atom is -0.463 e. The van der Waals surface area contributed by atoms with Crippen molar-refractivity contribution in [3.8, 4) is 0 Å². The molecule has 0 bridgehead atoms. The van der Waals surface area contributed by atoms with E-state index in [1.807, 2.05) is 0 Å². The van der Waals surface area contributed by atoms with Crippen LogP contribution in [0.2, 0.25) is 5.02 Å². The molecule has 0 aromatic carbocycles. The van der Waals surface area contributed by atoms with Crippen molar-refractivity contribution in [1.82, 2.24) is 0 Å². The largest absolute Gasteiger partial charge is 0.463 e. The Kier molecular flexibility index (Phi) is 4.77. The lowest BCUT2D eigenvalue weighted by Gasteiger charge is -2.06. The molecule has 0 radical (unpaired) electrons. The number of rotatable bonds is 4. The molecule has 0 atom stereocenters. The molecule has 100 valence electrons. The molecule has 1 rings (SSSR count). The maximum absolute atomic E-state index is 12.3. The number of alkyl halides is 3. The van der Waals surface area contributed by atoms with Crippen molar-refractivity contribution < 1.29 is 27.7 Å². The molecular formula is C10H11ClF3N2O2+. The van der Waals surface area contributed by atoms with Crippen molar-refractivity contribution in [3.05, 3.63) is 22.8 Å². The topological polar surface area (TPSA) is 52.5 Å². The van der Waals surface area contributed by atoms with E-state index in [-0.39, 0.29) is 24.0 Å². The predicted molar refractivity (Wildman–Crippen MR) is 58.1 cm³/mol. The number of esters is 1. The first-order valence-corrected chi connectivity index (χ1v) is 5.40. The first-order chi connectivity index (χ1) is 8.34. The van der Waals surface area contributed by atoms with Crippen molar-refractivity contribution in [2.45, 2.75) is 13.1 Å². The Morgan fingerprint density at radius 3 is 2.72 bits per heavy atom. The van der Waals surface area contributed by atoms with Crippen LogP contribution in [0.4, 0.5) is 19.0 Å². The second kappa shape index (κ2) is 5.90. The molecule has 18 heavy (non-hydrogen) atoms. The standard InChI is InChI=1S/C10H10ClF3N2O2/c1-2-18-8(17)5-16-9-7(11)3-6(4-15-9)10(12,13)14/h3-4H,2,5H2,1H3,(H,15,16)/p+1. The fourth-order valence-electron chi connectivity index (χ4n) is 1.14. The fraction of sp³-hybridized carbons (Fsp3) is 0.400. The zero-order chi connectivity index (χ0) is 13.8. The number of H-pyrrole nitrogens is 1. The van der Waals surface area contributed by atoms with Gasteiger partial charge in [0.2, 0.25) is 0 Å². The summed E-state index contributed by atoms with van der Waals surface area (Å²) in [6, 6.07) is 0.769. The highest BCUT2D eigenvalue weighted by Crippen LogP contribution is 2.30. The SMILES string of the molecule is CCOC(=O)CNc1[nH+]cc(C(F)(F)F)cc1Cl. The molecule has 0 saturated carbocycles. The highest BCUT2D eigenvalue weighted by Gasteiger charge is 2.32. The van der Waals surface area contributed by atoms with Gasteiger partial charge in [0.25, 0.3) is 5.82 Å². The summed E-state index contributed by atoms with van der Waals surface area (Å²) in [5, 5.41) is 2.39. The summed E-state index contributed by atoms with van der Waals surface area (Å²) in [6.45, 7) is 1.69. The van der Waals surface area contributed by atoms with Gasteiger partial charge in [-0.3, -0.25) is 5.32 Å². The van der Waals surface area contributed by atoms with Gasteiger partial charge in [-0.15, -0.1) is 0 Å². The summed E-state index contributed by atoms with van der Waals surface area (Å²) < 4.78 is 41.7. The normalized spacial score (nSPS) is 11.2. The minimum atomic E-state index is -4.47. The molecule has 2 N–H and O–H groups in total. The third-order valence-corrected chi connectivity index (χ3v) is 2.23. The molecule has 1 heterocycles. The molecular weight excluding hydrogens is 273 g/mol. The number of nitrogens with one attached hydrogen (secondary N) is 2. The van der Waals surface area contributed by atoms with E-state index >= 15 is 0 Å². The number of carbonyl (C=O) groups excluding carboxylic acids is 1. The van der Waals surface area contributed by atoms with Crippen LogP contribution >= 0.6 is 11.6 Å². The van der Waals surface area contributed by atoms with Gasteiger partial charge in [0.05, 0.1) is 12.2 Å². The molecule has 1 aromatic rings. The Balaban J connectivity index is 2.72. The van der Waals surface area contributed by atoms with E-state index in [0.29, 0.717) is 0 Å². The van der Waals surface area contributed by atoms with E-state index in [2.05, 4.69) is 15.0 Å². The Bertz CT molecular complexity index is 438. The molecule has 0 aliphatic heterocycles. The van der Waals surface area contributed by atoms with Crippen LogP contribution < -0.4 is 10.3 Å². The summed E-state index contributed by atoms with van der Waals surface area (Å²) >= 11 is 5.65. The molecule has 0 fully saturated rings. The van der Waals surface area contributed by atoms with E-state index < -0.39 is 17.7 Å². The smallest absolute Gasteiger partial charge is 0.419 e. The van der Waals surface area contributed by atoms with E-state index in [1.54, 1.807) is 6.92 Å². The van der Waals surface area contributed by atoms with Gasteiger partial charge in [-0.25, -0.2) is 9.78 Å². The summed E-state index contributed by atoms with van der Waals surface area (Å²) in [7, 11) is 0. The lowest BCUT2D eigenvalue weighted by Crippen LogP contribution is -2.23. The van der Waals surface area contributed by atoms with Gasteiger partial charge < -0.3 is 4.74 Å². The fourth-order valence-corrected chi connectivity index (χ4v) is 1.38. The molecule has 1 aromatic heterocycles. The summed E-state index contributed by atoms with van der Waals surface area (Å²) in [5.74, 6) is -0.403. The summed E-state index contributed by atoms with van der Waals surface area (Å²) in [4.78, 5) is 13.4. The third-order valence-electron chi connectivity index (χ3n) is 1.94. The molecule has 8 heteroatoms. The van der Waals surface area contributed by atoms with E-state index in [9.17, 15) is 18.0 Å². The number of aromatic amines is 1. The van der Waals surface area contributed by atoms with Gasteiger partial charge in [0, 0.05) is 0 Å². The quantitative estimate of drug-likeness (QED) is 0.862. The summed E-state index contributed by atoms with van der Waals surface area (Å²) in [6.07, 6.45) is -3.71. The van der Waals surface area contributed by atoms with Crippen LogP contribution in [0, 0.1) is 0 Å². The number of pyridine rings is 1. The minimum absolute atomic E-state index is 0.123. The van der Waals surface area contributed by atoms with Crippen LogP contribution in [0.5, 0.6) is 0 Å². The monoisotopic (exact) mass is 283 g/mol. The third kappa shape index (κ3) is 4.06. The van der Waals surface area contributed by atoms with Crippen molar-refractivity contribution in [2.75, 3.05) is 18.5 Å². The average Bonchev–Trinajstić information content (AvgIpc) is 2.26. The lowest BCUT2D eigenvalue weighted by molar-refractivity contribution is -0.364. The first-order valence-electron chi connectivity index (χ1n) is 5.02. The van der Waals surface area contributed by atoms with Gasteiger partial charge in [-0.2, -0.15) is 13.2 Å². The van der Waals surface area contributed by atoms with Crippen molar-refractivity contribution >= 4 is 23.4 Å². The molecule has 0 unspecified atom stereocenters. The van der Waals surface area contributed by atoms with Crippen molar-refractivity contribution in [2.24, 2.45) is 0 Å². The number of aromatic nitrogens is 1. The molecule has 0 aliphatic rings. The van der Waals surface area contributed by atoms with Crippen molar-refractivity contribution in [3.63, 3.8) is 0 Å². The van der Waals surface area contributed by atoms with Crippen molar-refractivity contribution in [1.29, 1.82) is 0 Å². The summed E-state index contributed by atoms with van der Waals surface area (Å²) in [5.41, 5.74) is -0.894. The van der Waals surface area contributed by atoms with E-state index in [1.165, 1.54) is 0 Å². The number of ether oxygens (including phenoxy) is 1. The number of anilines is 1. The zero-order valence-electron chi connectivity index (χ0n) is 9.40. The lowest BCUT2D eigenvalue weighted by atomic mass is 10.3. The molecule has 0 saturated heterocycles. The number of hydrogen-bond acceptors (Lipinski definition) is 3. The van der Waals surface area contributed by atoms with Crippen LogP contribution in [0.15, 0.2) is 12.3 Å². The van der Waals surface area contributed by atoms with E-state index in [4.69, 9.17) is 11.6 Å². The van der Waals surface area contributed by atoms with Gasteiger partial charge >= 0.3 is 12.1 Å². The molecule has 0 amide bonds. The van der Waals surface area contributed by atoms with Crippen LogP contribution in [-0.4, -0.2) is 19.1 Å².